The maximum Gasteiger partial charge on any atom is 0.341 e. The summed E-state index contributed by atoms with van der Waals surface area (Å²) in [5.74, 6) is -0.177. The molecule has 1 heterocycles. The molecule has 1 aromatic heterocycles. The van der Waals surface area contributed by atoms with E-state index in [1.165, 1.54) is 11.3 Å². The van der Waals surface area contributed by atoms with E-state index in [4.69, 9.17) is 44.9 Å². The lowest BCUT2D eigenvalue weighted by atomic mass is 10.1. The zero-order valence-corrected chi connectivity index (χ0v) is 19.9. The zero-order chi connectivity index (χ0) is 22.3. The Morgan fingerprint density at radius 3 is 2.63 bits per heavy atom. The zero-order valence-electron chi connectivity index (χ0n) is 16.8. The van der Waals surface area contributed by atoms with Crippen LogP contribution in [0.4, 0.5) is 5.00 Å². The predicted molar refractivity (Wildman–Crippen MR) is 125 cm³/mol. The number of nitrogens with one attached hydrogen (secondary N) is 2. The van der Waals surface area contributed by atoms with Crippen LogP contribution in [0.3, 0.4) is 0 Å². The monoisotopic (exact) mass is 488 g/mol. The largest absolute Gasteiger partial charge is 0.492 e. The number of ether oxygens (including phenoxy) is 2. The molecular weight excluding hydrogens is 467 g/mol. The Morgan fingerprint density at radius 1 is 1.23 bits per heavy atom. The molecule has 0 unspecified atom stereocenters. The Hall–Kier alpha value is -1.87. The molecule has 2 rings (SSSR count). The first kappa shape index (κ1) is 24.4. The highest BCUT2D eigenvalue weighted by Crippen LogP contribution is 2.33. The van der Waals surface area contributed by atoms with E-state index >= 15 is 0 Å². The molecule has 0 fully saturated rings. The standard InChI is InChI=1S/C20H22Cl2N2O4S2/c1-4-27-19(26)17-11(2)12(3)30-18(17)24-20(29)23-16(25)6-5-9-28-15-8-7-13(21)10-14(15)22/h7-8,10H,4-6,9H2,1-3H3,(H2,23,24,25,29). The molecule has 2 N–H and O–H groups in total. The Bertz CT molecular complexity index is 947. The number of halogens is 2. The average molecular weight is 489 g/mol. The molecule has 1 aromatic carbocycles. The fourth-order valence-corrected chi connectivity index (χ4v) is 4.29. The van der Waals surface area contributed by atoms with E-state index in [1.54, 1.807) is 25.1 Å². The molecule has 0 aliphatic carbocycles. The molecule has 0 saturated carbocycles. The number of hydrogen-bond acceptors (Lipinski definition) is 6. The normalized spacial score (nSPS) is 10.4. The van der Waals surface area contributed by atoms with Crippen molar-refractivity contribution < 1.29 is 19.1 Å². The van der Waals surface area contributed by atoms with Gasteiger partial charge >= 0.3 is 5.97 Å². The number of aryl methyl sites for hydroxylation is 1. The minimum atomic E-state index is -0.422. The van der Waals surface area contributed by atoms with Gasteiger partial charge in [0.15, 0.2) is 5.11 Å². The van der Waals surface area contributed by atoms with Crippen LogP contribution in [0, 0.1) is 13.8 Å². The third-order valence-corrected chi connectivity index (χ3v) is 5.90. The van der Waals surface area contributed by atoms with E-state index < -0.39 is 5.97 Å². The molecule has 0 aliphatic rings. The fraction of sp³-hybridized carbons (Fsp3) is 0.350. The van der Waals surface area contributed by atoms with Gasteiger partial charge in [-0.3, -0.25) is 4.79 Å². The number of thiophene rings is 1. The second kappa shape index (κ2) is 11.5. The lowest BCUT2D eigenvalue weighted by Gasteiger charge is -2.11. The molecule has 6 nitrogen and oxygen atoms in total. The van der Waals surface area contributed by atoms with Crippen LogP contribution in [0.1, 0.15) is 40.6 Å². The van der Waals surface area contributed by atoms with E-state index in [2.05, 4.69) is 10.6 Å². The van der Waals surface area contributed by atoms with Crippen LogP contribution in [0.5, 0.6) is 5.75 Å². The van der Waals surface area contributed by atoms with Gasteiger partial charge in [-0.1, -0.05) is 23.2 Å². The van der Waals surface area contributed by atoms with E-state index in [0.29, 0.717) is 39.4 Å². The van der Waals surface area contributed by atoms with Crippen molar-refractivity contribution >= 4 is 68.7 Å². The summed E-state index contributed by atoms with van der Waals surface area (Å²) in [6.07, 6.45) is 0.680. The summed E-state index contributed by atoms with van der Waals surface area (Å²) in [7, 11) is 0. The van der Waals surface area contributed by atoms with Crippen molar-refractivity contribution in [1.29, 1.82) is 0 Å². The van der Waals surface area contributed by atoms with Gasteiger partial charge in [-0.15, -0.1) is 11.3 Å². The van der Waals surface area contributed by atoms with Crippen molar-refractivity contribution in [3.05, 3.63) is 44.2 Å². The van der Waals surface area contributed by atoms with Gasteiger partial charge in [0, 0.05) is 16.3 Å². The Morgan fingerprint density at radius 2 is 1.97 bits per heavy atom. The molecule has 1 amide bonds. The van der Waals surface area contributed by atoms with Gasteiger partial charge in [-0.2, -0.15) is 0 Å². The summed E-state index contributed by atoms with van der Waals surface area (Å²) in [6.45, 7) is 6.08. The Balaban J connectivity index is 1.83. The fourth-order valence-electron chi connectivity index (χ4n) is 2.49. The summed E-state index contributed by atoms with van der Waals surface area (Å²) in [6, 6.07) is 4.95. The molecule has 0 saturated heterocycles. The first-order chi connectivity index (χ1) is 14.2. The van der Waals surface area contributed by atoms with Crippen LogP contribution in [-0.2, 0) is 9.53 Å². The van der Waals surface area contributed by atoms with Crippen LogP contribution in [0.15, 0.2) is 18.2 Å². The highest BCUT2D eigenvalue weighted by molar-refractivity contribution is 7.80. The molecule has 0 radical (unpaired) electrons. The molecule has 0 spiro atoms. The molecule has 10 heteroatoms. The molecular formula is C20H22Cl2N2O4S2. The summed E-state index contributed by atoms with van der Waals surface area (Å²) >= 11 is 18.5. The van der Waals surface area contributed by atoms with Gasteiger partial charge in [0.2, 0.25) is 5.91 Å². The number of hydrogen-bond donors (Lipinski definition) is 2. The number of carbonyl (C=O) groups is 2. The Kier molecular flexibility index (Phi) is 9.36. The van der Waals surface area contributed by atoms with E-state index in [-0.39, 0.29) is 24.0 Å². The van der Waals surface area contributed by atoms with Crippen LogP contribution < -0.4 is 15.4 Å². The van der Waals surface area contributed by atoms with Crippen molar-refractivity contribution in [3.63, 3.8) is 0 Å². The van der Waals surface area contributed by atoms with E-state index in [9.17, 15) is 9.59 Å². The van der Waals surface area contributed by atoms with Crippen LogP contribution >= 0.6 is 46.8 Å². The third kappa shape index (κ3) is 6.84. The quantitative estimate of drug-likeness (QED) is 0.289. The van der Waals surface area contributed by atoms with Crippen molar-refractivity contribution in [2.24, 2.45) is 0 Å². The minimum Gasteiger partial charge on any atom is -0.492 e. The molecule has 162 valence electrons. The Labute approximate surface area is 194 Å². The lowest BCUT2D eigenvalue weighted by Crippen LogP contribution is -2.34. The van der Waals surface area contributed by atoms with E-state index in [0.717, 1.165) is 10.4 Å². The third-order valence-electron chi connectivity index (χ3n) is 4.04. The van der Waals surface area contributed by atoms with Crippen LogP contribution in [-0.4, -0.2) is 30.2 Å². The smallest absolute Gasteiger partial charge is 0.341 e. The van der Waals surface area contributed by atoms with Crippen molar-refractivity contribution in [2.45, 2.75) is 33.6 Å². The maximum absolute atomic E-state index is 12.2. The van der Waals surface area contributed by atoms with Gasteiger partial charge in [0.1, 0.15) is 10.8 Å². The average Bonchev–Trinajstić information content (AvgIpc) is 2.93. The van der Waals surface area contributed by atoms with Crippen LogP contribution in [0.25, 0.3) is 0 Å². The number of amides is 1. The van der Waals surface area contributed by atoms with Crippen molar-refractivity contribution in [2.75, 3.05) is 18.5 Å². The number of thiocarbonyl (C=S) groups is 1. The maximum atomic E-state index is 12.2. The predicted octanol–water partition coefficient (Wildman–Crippen LogP) is 5.52. The second-order valence-corrected chi connectivity index (χ2v) is 8.71. The molecule has 0 atom stereocenters. The number of esters is 1. The van der Waals surface area contributed by atoms with Gasteiger partial charge in [0.05, 0.1) is 23.8 Å². The first-order valence-electron chi connectivity index (χ1n) is 9.18. The van der Waals surface area contributed by atoms with Gasteiger partial charge in [-0.25, -0.2) is 4.79 Å². The number of rotatable bonds is 8. The topological polar surface area (TPSA) is 76.7 Å². The lowest BCUT2D eigenvalue weighted by molar-refractivity contribution is -0.119. The molecule has 0 aliphatic heterocycles. The molecule has 0 bridgehead atoms. The highest BCUT2D eigenvalue weighted by Gasteiger charge is 2.21. The number of benzene rings is 1. The molecule has 2 aromatic rings. The summed E-state index contributed by atoms with van der Waals surface area (Å²) in [4.78, 5) is 25.3. The van der Waals surface area contributed by atoms with Gasteiger partial charge in [-0.05, 0) is 63.2 Å². The van der Waals surface area contributed by atoms with Gasteiger partial charge in [0.25, 0.3) is 0 Å². The van der Waals surface area contributed by atoms with Gasteiger partial charge < -0.3 is 20.1 Å². The molecule has 30 heavy (non-hydrogen) atoms. The first-order valence-corrected chi connectivity index (χ1v) is 11.2. The summed E-state index contributed by atoms with van der Waals surface area (Å²) in [5, 5.41) is 7.14. The SMILES string of the molecule is CCOC(=O)c1c(NC(=S)NC(=O)CCCOc2ccc(Cl)cc2Cl)sc(C)c1C. The second-order valence-electron chi connectivity index (χ2n) is 6.24. The van der Waals surface area contributed by atoms with Crippen molar-refractivity contribution in [3.8, 4) is 5.75 Å². The van der Waals surface area contributed by atoms with E-state index in [1.807, 2.05) is 13.8 Å². The summed E-state index contributed by atoms with van der Waals surface area (Å²) in [5.41, 5.74) is 1.26. The summed E-state index contributed by atoms with van der Waals surface area (Å²) < 4.78 is 10.7. The minimum absolute atomic E-state index is 0.119. The number of anilines is 1. The van der Waals surface area contributed by atoms with Crippen LogP contribution in [0.2, 0.25) is 10.0 Å². The highest BCUT2D eigenvalue weighted by atomic mass is 35.5. The van der Waals surface area contributed by atoms with Crippen molar-refractivity contribution in [1.82, 2.24) is 5.32 Å². The number of carbonyl (C=O) groups excluding carboxylic acids is 2.